The number of carbonyl (C=O) groups excluding carboxylic acids is 2. The molecule has 1 N–H and O–H groups in total. The first kappa shape index (κ1) is 19.4. The monoisotopic (exact) mass is 404 g/mol. The third-order valence-corrected chi connectivity index (χ3v) is 5.12. The zero-order valence-corrected chi connectivity index (χ0v) is 16.5. The Hall–Kier alpha value is -3.87. The molecule has 0 bridgehead atoms. The van der Waals surface area contributed by atoms with Crippen LogP contribution in [-0.4, -0.2) is 33.8 Å². The molecule has 1 aliphatic rings. The van der Waals surface area contributed by atoms with Crippen LogP contribution in [0.2, 0.25) is 0 Å². The fraction of sp³-hybridized carbons (Fsp3) is 0.174. The van der Waals surface area contributed by atoms with Crippen LogP contribution in [0.1, 0.15) is 28.5 Å². The maximum absolute atomic E-state index is 13.0. The number of nitrogens with zero attached hydrogens (tertiary/aromatic N) is 2. The number of ketones is 1. The molecule has 1 unspecified atom stereocenters. The molecule has 1 aliphatic heterocycles. The van der Waals surface area contributed by atoms with E-state index in [-0.39, 0.29) is 17.9 Å². The largest absolute Gasteiger partial charge is 0.507 e. The summed E-state index contributed by atoms with van der Waals surface area (Å²) in [5.74, 6) is -0.681. The Morgan fingerprint density at radius 2 is 2.07 bits per heavy atom. The summed E-state index contributed by atoms with van der Waals surface area (Å²) >= 11 is 0. The maximum Gasteiger partial charge on any atom is 0.296 e. The lowest BCUT2D eigenvalue weighted by molar-refractivity contribution is -0.140. The predicted octanol–water partition coefficient (Wildman–Crippen LogP) is 3.61. The van der Waals surface area contributed by atoms with Crippen molar-refractivity contribution >= 4 is 17.4 Å². The molecule has 1 aromatic carbocycles. The van der Waals surface area contributed by atoms with Crippen molar-refractivity contribution in [3.63, 3.8) is 0 Å². The number of carbonyl (C=O) groups is 2. The van der Waals surface area contributed by atoms with Gasteiger partial charge in [0.05, 0.1) is 18.9 Å². The van der Waals surface area contributed by atoms with E-state index in [1.165, 1.54) is 11.2 Å². The summed E-state index contributed by atoms with van der Waals surface area (Å²) in [6.45, 7) is 1.95. The van der Waals surface area contributed by atoms with Crippen LogP contribution in [0.4, 0.5) is 0 Å². The van der Waals surface area contributed by atoms with Gasteiger partial charge in [-0.3, -0.25) is 14.6 Å². The van der Waals surface area contributed by atoms with Gasteiger partial charge in [0.25, 0.3) is 11.7 Å². The SMILES string of the molecule is COc1ccc(/C(O)=C2/C(=O)C(=O)N(Cc3cccnc3)C2c2ccco2)c(C)c1. The topological polar surface area (TPSA) is 92.9 Å². The summed E-state index contributed by atoms with van der Waals surface area (Å²) in [5.41, 5.74) is 1.92. The number of hydrogen-bond donors (Lipinski definition) is 1. The number of benzene rings is 1. The van der Waals surface area contributed by atoms with Crippen molar-refractivity contribution in [2.45, 2.75) is 19.5 Å². The second-order valence-corrected chi connectivity index (χ2v) is 6.98. The van der Waals surface area contributed by atoms with Crippen molar-refractivity contribution in [1.29, 1.82) is 0 Å². The van der Waals surface area contributed by atoms with Crippen LogP contribution in [0.25, 0.3) is 5.76 Å². The van der Waals surface area contributed by atoms with Gasteiger partial charge in [0.1, 0.15) is 23.3 Å². The standard InChI is InChI=1S/C23H20N2O5/c1-14-11-16(29-2)7-8-17(14)21(26)19-20(18-6-4-10-30-18)25(23(28)22(19)27)13-15-5-3-9-24-12-15/h3-12,20,26H,13H2,1-2H3/b21-19-. The Bertz CT molecular complexity index is 1120. The number of aryl methyl sites for hydroxylation is 1. The minimum atomic E-state index is -0.846. The molecule has 7 heteroatoms. The fourth-order valence-corrected chi connectivity index (χ4v) is 3.65. The lowest BCUT2D eigenvalue weighted by Crippen LogP contribution is -2.29. The zero-order valence-electron chi connectivity index (χ0n) is 16.5. The van der Waals surface area contributed by atoms with Crippen LogP contribution in [-0.2, 0) is 16.1 Å². The van der Waals surface area contributed by atoms with Crippen molar-refractivity contribution in [3.05, 3.63) is 89.1 Å². The minimum absolute atomic E-state index is 0.00731. The molecule has 1 saturated heterocycles. The number of ether oxygens (including phenoxy) is 1. The number of rotatable bonds is 5. The second kappa shape index (κ2) is 7.87. The van der Waals surface area contributed by atoms with Crippen LogP contribution in [0.5, 0.6) is 5.75 Å². The molecule has 0 saturated carbocycles. The number of aliphatic hydroxyl groups is 1. The smallest absolute Gasteiger partial charge is 0.296 e. The van der Waals surface area contributed by atoms with E-state index < -0.39 is 17.7 Å². The van der Waals surface area contributed by atoms with E-state index >= 15 is 0 Å². The molecule has 1 atom stereocenters. The first-order valence-electron chi connectivity index (χ1n) is 9.37. The zero-order chi connectivity index (χ0) is 21.3. The van der Waals surface area contributed by atoms with Crippen molar-refractivity contribution in [1.82, 2.24) is 9.88 Å². The molecular formula is C23H20N2O5. The van der Waals surface area contributed by atoms with Gasteiger partial charge in [-0.05, 0) is 54.4 Å². The maximum atomic E-state index is 13.0. The normalized spacial score (nSPS) is 18.1. The van der Waals surface area contributed by atoms with Crippen LogP contribution in [0.15, 0.2) is 71.1 Å². The van der Waals surface area contributed by atoms with Crippen LogP contribution < -0.4 is 4.74 Å². The van der Waals surface area contributed by atoms with Gasteiger partial charge >= 0.3 is 0 Å². The van der Waals surface area contributed by atoms with Gasteiger partial charge in [0, 0.05) is 24.5 Å². The molecular weight excluding hydrogens is 384 g/mol. The van der Waals surface area contributed by atoms with E-state index in [2.05, 4.69) is 4.98 Å². The Morgan fingerprint density at radius 3 is 2.70 bits per heavy atom. The lowest BCUT2D eigenvalue weighted by atomic mass is 9.97. The van der Waals surface area contributed by atoms with Crippen LogP contribution >= 0.6 is 0 Å². The number of pyridine rings is 1. The van der Waals surface area contributed by atoms with Gasteiger partial charge in [0.2, 0.25) is 0 Å². The van der Waals surface area contributed by atoms with Crippen LogP contribution in [0, 0.1) is 6.92 Å². The van der Waals surface area contributed by atoms with Gasteiger partial charge in [0.15, 0.2) is 0 Å². The van der Waals surface area contributed by atoms with Crippen molar-refractivity contribution < 1.29 is 23.8 Å². The molecule has 0 aliphatic carbocycles. The molecule has 0 spiro atoms. The molecule has 152 valence electrons. The van der Waals surface area contributed by atoms with E-state index in [4.69, 9.17) is 9.15 Å². The fourth-order valence-electron chi connectivity index (χ4n) is 3.65. The Kier molecular flexibility index (Phi) is 5.10. The quantitative estimate of drug-likeness (QED) is 0.397. The molecule has 0 radical (unpaired) electrons. The summed E-state index contributed by atoms with van der Waals surface area (Å²) in [6.07, 6.45) is 4.73. The molecule has 30 heavy (non-hydrogen) atoms. The van der Waals surface area contributed by atoms with Gasteiger partial charge in [-0.25, -0.2) is 0 Å². The number of furan rings is 1. The minimum Gasteiger partial charge on any atom is -0.507 e. The molecule has 1 amide bonds. The average molecular weight is 404 g/mol. The highest BCUT2D eigenvalue weighted by atomic mass is 16.5. The highest BCUT2D eigenvalue weighted by Crippen LogP contribution is 2.41. The first-order valence-corrected chi connectivity index (χ1v) is 9.37. The summed E-state index contributed by atoms with van der Waals surface area (Å²) in [6, 6.07) is 11.2. The average Bonchev–Trinajstić information content (AvgIpc) is 3.37. The van der Waals surface area contributed by atoms with E-state index in [0.29, 0.717) is 22.6 Å². The highest BCUT2D eigenvalue weighted by molar-refractivity contribution is 6.46. The summed E-state index contributed by atoms with van der Waals surface area (Å²) in [7, 11) is 1.55. The molecule has 3 heterocycles. The predicted molar refractivity (Wildman–Crippen MR) is 109 cm³/mol. The number of aliphatic hydroxyl groups excluding tert-OH is 1. The van der Waals surface area contributed by atoms with Crippen molar-refractivity contribution in [2.75, 3.05) is 7.11 Å². The molecule has 4 rings (SSSR count). The Balaban J connectivity index is 1.84. The van der Waals surface area contributed by atoms with E-state index in [9.17, 15) is 14.7 Å². The van der Waals surface area contributed by atoms with Crippen molar-refractivity contribution in [2.24, 2.45) is 0 Å². The second-order valence-electron chi connectivity index (χ2n) is 6.98. The number of Topliss-reactive ketones (excluding diaryl/α,β-unsaturated/α-hetero) is 1. The third-order valence-electron chi connectivity index (χ3n) is 5.12. The first-order chi connectivity index (χ1) is 14.5. The Labute approximate surface area is 173 Å². The number of methoxy groups -OCH3 is 1. The Morgan fingerprint density at radius 1 is 1.23 bits per heavy atom. The highest BCUT2D eigenvalue weighted by Gasteiger charge is 2.47. The van der Waals surface area contributed by atoms with Gasteiger partial charge in [-0.2, -0.15) is 0 Å². The number of amides is 1. The molecule has 1 fully saturated rings. The number of aromatic nitrogens is 1. The molecule has 3 aromatic rings. The molecule has 2 aromatic heterocycles. The van der Waals surface area contributed by atoms with E-state index in [1.54, 1.807) is 62.8 Å². The number of hydrogen-bond acceptors (Lipinski definition) is 6. The third kappa shape index (κ3) is 3.34. The van der Waals surface area contributed by atoms with Gasteiger partial charge < -0.3 is 19.2 Å². The summed E-state index contributed by atoms with van der Waals surface area (Å²) < 4.78 is 10.7. The van der Waals surface area contributed by atoms with Crippen LogP contribution in [0.3, 0.4) is 0 Å². The van der Waals surface area contributed by atoms with Crippen molar-refractivity contribution in [3.8, 4) is 5.75 Å². The molecule has 7 nitrogen and oxygen atoms in total. The number of likely N-dealkylation sites (tertiary alicyclic amines) is 1. The summed E-state index contributed by atoms with van der Waals surface area (Å²) in [5, 5.41) is 11.1. The van der Waals surface area contributed by atoms with Gasteiger partial charge in [-0.1, -0.05) is 6.07 Å². The van der Waals surface area contributed by atoms with E-state index in [0.717, 1.165) is 5.56 Å². The van der Waals surface area contributed by atoms with Gasteiger partial charge in [-0.15, -0.1) is 0 Å². The van der Waals surface area contributed by atoms with E-state index in [1.807, 2.05) is 6.07 Å². The lowest BCUT2D eigenvalue weighted by Gasteiger charge is -2.23. The summed E-state index contributed by atoms with van der Waals surface area (Å²) in [4.78, 5) is 31.3.